The van der Waals surface area contributed by atoms with E-state index in [1.165, 1.54) is 0 Å². The third kappa shape index (κ3) is 1.15. The van der Waals surface area contributed by atoms with Gasteiger partial charge in [0.25, 0.3) is 5.92 Å². The molecule has 0 bridgehead atoms. The van der Waals surface area contributed by atoms with Gasteiger partial charge in [0.2, 0.25) is 0 Å². The first-order valence-corrected chi connectivity index (χ1v) is 5.66. The number of rotatable bonds is 2. The number of halogens is 2. The van der Waals surface area contributed by atoms with Crippen LogP contribution in [-0.4, -0.2) is 43.2 Å². The van der Waals surface area contributed by atoms with Gasteiger partial charge in [0.05, 0.1) is 12.0 Å². The van der Waals surface area contributed by atoms with Gasteiger partial charge in [-0.1, -0.05) is 0 Å². The average Bonchev–Trinajstić information content (AvgIpc) is 2.43. The van der Waals surface area contributed by atoms with Crippen LogP contribution in [0.2, 0.25) is 0 Å². The number of nitrogens with zero attached hydrogens (tertiary/aromatic N) is 1. The molecule has 0 N–H and O–H groups in total. The van der Waals surface area contributed by atoms with Gasteiger partial charge in [-0.25, -0.2) is 8.78 Å². The zero-order valence-corrected chi connectivity index (χ0v) is 9.06. The maximum atomic E-state index is 13.3. The van der Waals surface area contributed by atoms with Crippen molar-refractivity contribution in [2.45, 2.75) is 37.1 Å². The van der Waals surface area contributed by atoms with Gasteiger partial charge in [-0.3, -0.25) is 4.90 Å². The van der Waals surface area contributed by atoms with Crippen LogP contribution in [0.3, 0.4) is 0 Å². The molecule has 2 aliphatic heterocycles. The van der Waals surface area contributed by atoms with E-state index in [2.05, 4.69) is 4.90 Å². The summed E-state index contributed by atoms with van der Waals surface area (Å²) in [4.78, 5) is 2.25. The van der Waals surface area contributed by atoms with Crippen LogP contribution < -0.4 is 0 Å². The van der Waals surface area contributed by atoms with Crippen molar-refractivity contribution in [3.8, 4) is 0 Å². The average molecular weight is 217 g/mol. The minimum absolute atomic E-state index is 0.0608. The van der Waals surface area contributed by atoms with E-state index in [0.717, 1.165) is 19.4 Å². The largest absolute Gasteiger partial charge is 0.383 e. The highest BCUT2D eigenvalue weighted by Crippen LogP contribution is 2.69. The third-order valence-corrected chi connectivity index (χ3v) is 4.53. The molecule has 15 heavy (non-hydrogen) atoms. The summed E-state index contributed by atoms with van der Waals surface area (Å²) in [7, 11) is 1.67. The van der Waals surface area contributed by atoms with E-state index in [1.807, 2.05) is 0 Å². The Morgan fingerprint density at radius 1 is 1.33 bits per heavy atom. The Hall–Kier alpha value is -0.220. The summed E-state index contributed by atoms with van der Waals surface area (Å²) in [5, 5.41) is 0. The first kappa shape index (κ1) is 9.97. The van der Waals surface area contributed by atoms with Crippen LogP contribution in [0.25, 0.3) is 0 Å². The quantitative estimate of drug-likeness (QED) is 0.700. The molecule has 2 atom stereocenters. The highest BCUT2D eigenvalue weighted by Gasteiger charge is 2.76. The Morgan fingerprint density at radius 3 is 2.67 bits per heavy atom. The van der Waals surface area contributed by atoms with Crippen molar-refractivity contribution in [2.75, 3.05) is 26.8 Å². The number of ether oxygens (including phenoxy) is 1. The molecule has 1 aliphatic carbocycles. The van der Waals surface area contributed by atoms with Crippen molar-refractivity contribution in [3.63, 3.8) is 0 Å². The second kappa shape index (κ2) is 2.72. The highest BCUT2D eigenvalue weighted by molar-refractivity contribution is 5.22. The van der Waals surface area contributed by atoms with Crippen LogP contribution in [0, 0.1) is 5.41 Å². The first-order valence-electron chi connectivity index (χ1n) is 5.66. The molecule has 4 heteroatoms. The lowest BCUT2D eigenvalue weighted by atomic mass is 9.89. The molecule has 0 aromatic rings. The van der Waals surface area contributed by atoms with Crippen LogP contribution in [0.15, 0.2) is 0 Å². The maximum absolute atomic E-state index is 13.3. The van der Waals surface area contributed by atoms with Crippen LogP contribution in [0.4, 0.5) is 8.78 Å². The Bertz CT molecular complexity index is 296. The monoisotopic (exact) mass is 217 g/mol. The molecule has 1 saturated carbocycles. The minimum atomic E-state index is -2.40. The van der Waals surface area contributed by atoms with Gasteiger partial charge >= 0.3 is 0 Å². The number of hydrogen-bond acceptors (Lipinski definition) is 2. The molecule has 3 fully saturated rings. The molecule has 0 aromatic heterocycles. The molecule has 3 aliphatic rings. The molecule has 1 spiro atoms. The summed E-state index contributed by atoms with van der Waals surface area (Å²) in [5.41, 5.74) is -0.749. The van der Waals surface area contributed by atoms with Crippen molar-refractivity contribution in [3.05, 3.63) is 0 Å². The molecule has 86 valence electrons. The Kier molecular flexibility index (Phi) is 1.81. The molecule has 2 saturated heterocycles. The van der Waals surface area contributed by atoms with Gasteiger partial charge in [0, 0.05) is 25.6 Å². The number of methoxy groups -OCH3 is 1. The Labute approximate surface area is 88.6 Å². The zero-order valence-electron chi connectivity index (χ0n) is 9.06. The summed E-state index contributed by atoms with van der Waals surface area (Å²) < 4.78 is 31.9. The summed E-state index contributed by atoms with van der Waals surface area (Å²) >= 11 is 0. The summed E-state index contributed by atoms with van der Waals surface area (Å²) in [6.07, 6.45) is 2.90. The van der Waals surface area contributed by atoms with Gasteiger partial charge in [-0.05, 0) is 25.8 Å². The van der Waals surface area contributed by atoms with E-state index in [4.69, 9.17) is 4.74 Å². The molecular weight excluding hydrogens is 200 g/mol. The van der Waals surface area contributed by atoms with Crippen LogP contribution in [-0.2, 0) is 4.74 Å². The van der Waals surface area contributed by atoms with Crippen molar-refractivity contribution >= 4 is 0 Å². The molecular formula is C11H17F2NO. The molecule has 3 rings (SSSR count). The minimum Gasteiger partial charge on any atom is -0.383 e. The maximum Gasteiger partial charge on any atom is 0.255 e. The SMILES string of the molecule is COC[C@@]12CCCN1CC1(CC1(F)F)C2. The number of fused-ring (bicyclic) bond motifs is 1. The summed E-state index contributed by atoms with van der Waals surface area (Å²) in [5.74, 6) is -2.40. The molecule has 2 heterocycles. The number of hydrogen-bond donors (Lipinski definition) is 0. The normalized spacial score (nSPS) is 47.4. The van der Waals surface area contributed by atoms with E-state index in [-0.39, 0.29) is 12.0 Å². The van der Waals surface area contributed by atoms with Gasteiger partial charge in [-0.2, -0.15) is 0 Å². The van der Waals surface area contributed by atoms with Gasteiger partial charge in [0.1, 0.15) is 0 Å². The Balaban J connectivity index is 1.83. The third-order valence-electron chi connectivity index (χ3n) is 4.53. The summed E-state index contributed by atoms with van der Waals surface area (Å²) in [6, 6.07) is 0. The molecule has 0 aromatic carbocycles. The first-order chi connectivity index (χ1) is 7.04. The van der Waals surface area contributed by atoms with E-state index in [9.17, 15) is 8.78 Å². The van der Waals surface area contributed by atoms with Crippen LogP contribution >= 0.6 is 0 Å². The van der Waals surface area contributed by atoms with Crippen LogP contribution in [0.5, 0.6) is 0 Å². The lowest BCUT2D eigenvalue weighted by Crippen LogP contribution is -2.42. The smallest absolute Gasteiger partial charge is 0.255 e. The van der Waals surface area contributed by atoms with Gasteiger partial charge in [-0.15, -0.1) is 0 Å². The second-order valence-corrected chi connectivity index (χ2v) is 5.52. The summed E-state index contributed by atoms with van der Waals surface area (Å²) in [6.45, 7) is 2.18. The topological polar surface area (TPSA) is 12.5 Å². The predicted octanol–water partition coefficient (Wildman–Crippen LogP) is 1.90. The van der Waals surface area contributed by atoms with Crippen LogP contribution in [0.1, 0.15) is 25.7 Å². The van der Waals surface area contributed by atoms with Gasteiger partial charge < -0.3 is 4.74 Å². The standard InChI is InChI=1S/C11H17F2NO/c1-15-8-10-3-2-4-14(10)7-9(5-10)6-11(9,12)13/h2-8H2,1H3/t9?,10-/m0/s1. The Morgan fingerprint density at radius 2 is 2.07 bits per heavy atom. The fraction of sp³-hybridized carbons (Fsp3) is 1.00. The predicted molar refractivity (Wildman–Crippen MR) is 52.0 cm³/mol. The molecule has 0 amide bonds. The lowest BCUT2D eigenvalue weighted by Gasteiger charge is -2.30. The fourth-order valence-electron chi connectivity index (χ4n) is 3.72. The lowest BCUT2D eigenvalue weighted by molar-refractivity contribution is 0.0581. The highest BCUT2D eigenvalue weighted by atomic mass is 19.3. The molecule has 2 nitrogen and oxygen atoms in total. The van der Waals surface area contributed by atoms with E-state index in [0.29, 0.717) is 19.6 Å². The zero-order chi connectivity index (χ0) is 10.7. The van der Waals surface area contributed by atoms with E-state index >= 15 is 0 Å². The van der Waals surface area contributed by atoms with Crippen molar-refractivity contribution in [2.24, 2.45) is 5.41 Å². The molecule has 1 unspecified atom stereocenters. The van der Waals surface area contributed by atoms with E-state index in [1.54, 1.807) is 7.11 Å². The molecule has 0 radical (unpaired) electrons. The fourth-order valence-corrected chi connectivity index (χ4v) is 3.72. The van der Waals surface area contributed by atoms with Crippen molar-refractivity contribution in [1.82, 2.24) is 4.90 Å². The number of alkyl halides is 2. The van der Waals surface area contributed by atoms with E-state index < -0.39 is 11.3 Å². The second-order valence-electron chi connectivity index (χ2n) is 5.52. The van der Waals surface area contributed by atoms with Gasteiger partial charge in [0.15, 0.2) is 0 Å². The van der Waals surface area contributed by atoms with Crippen molar-refractivity contribution < 1.29 is 13.5 Å². The van der Waals surface area contributed by atoms with Crippen molar-refractivity contribution in [1.29, 1.82) is 0 Å².